The summed E-state index contributed by atoms with van der Waals surface area (Å²) in [5, 5.41) is 15.5. The average Bonchev–Trinajstić information content (AvgIpc) is 3.38. The van der Waals surface area contributed by atoms with E-state index >= 15 is 0 Å². The van der Waals surface area contributed by atoms with Gasteiger partial charge in [-0.05, 0) is 37.1 Å². The van der Waals surface area contributed by atoms with Crippen LogP contribution in [0.5, 0.6) is 0 Å². The van der Waals surface area contributed by atoms with E-state index in [1.165, 1.54) is 22.6 Å². The molecule has 1 aromatic heterocycles. The van der Waals surface area contributed by atoms with Gasteiger partial charge in [0.25, 0.3) is 5.91 Å². The van der Waals surface area contributed by atoms with Crippen LogP contribution in [0.15, 0.2) is 41.4 Å². The van der Waals surface area contributed by atoms with Gasteiger partial charge in [-0.15, -0.1) is 0 Å². The minimum atomic E-state index is -3.70. The number of hydrogen-bond acceptors (Lipinski definition) is 5. The topological polar surface area (TPSA) is 110 Å². The Morgan fingerprint density at radius 3 is 2.77 bits per heavy atom. The van der Waals surface area contributed by atoms with Crippen LogP contribution >= 0.6 is 0 Å². The number of benzene rings is 1. The highest BCUT2D eigenvalue weighted by Crippen LogP contribution is 2.36. The molecule has 2 atom stereocenters. The van der Waals surface area contributed by atoms with Crippen LogP contribution in [-0.2, 0) is 10.0 Å². The van der Waals surface area contributed by atoms with Gasteiger partial charge in [-0.25, -0.2) is 8.42 Å². The number of likely N-dealkylation sites (tertiary alicyclic amines) is 1. The van der Waals surface area contributed by atoms with Gasteiger partial charge in [0.15, 0.2) is 0 Å². The largest absolute Gasteiger partial charge is 0.333 e. The lowest BCUT2D eigenvalue weighted by Gasteiger charge is -2.25. The first-order valence-electron chi connectivity index (χ1n) is 8.35. The van der Waals surface area contributed by atoms with Crippen LogP contribution in [0.4, 0.5) is 0 Å². The number of rotatable bonds is 3. The molecule has 2 fully saturated rings. The van der Waals surface area contributed by atoms with Gasteiger partial charge in [0.05, 0.1) is 22.6 Å². The third-order valence-corrected chi connectivity index (χ3v) is 7.01. The fourth-order valence-corrected chi connectivity index (χ4v) is 5.63. The molecule has 4 rings (SSSR count). The highest BCUT2D eigenvalue weighted by Gasteiger charge is 2.49. The fraction of sp³-hybridized carbons (Fsp3) is 0.353. The number of fused-ring (bicyclic) bond motifs is 1. The molecule has 2 saturated heterocycles. The van der Waals surface area contributed by atoms with Crippen molar-refractivity contribution >= 4 is 15.9 Å². The summed E-state index contributed by atoms with van der Waals surface area (Å²) in [6.45, 7) is 0.874. The van der Waals surface area contributed by atoms with E-state index < -0.39 is 10.0 Å². The van der Waals surface area contributed by atoms with Gasteiger partial charge in [-0.1, -0.05) is 6.07 Å². The Morgan fingerprint density at radius 1 is 1.23 bits per heavy atom. The van der Waals surface area contributed by atoms with Gasteiger partial charge in [-0.2, -0.15) is 14.7 Å². The number of carbonyl (C=O) groups is 1. The molecule has 8 nitrogen and oxygen atoms in total. The van der Waals surface area contributed by atoms with Gasteiger partial charge >= 0.3 is 0 Å². The summed E-state index contributed by atoms with van der Waals surface area (Å²) in [6, 6.07) is 9.26. The number of nitrogens with one attached hydrogen (secondary N) is 1. The van der Waals surface area contributed by atoms with E-state index in [9.17, 15) is 13.2 Å². The summed E-state index contributed by atoms with van der Waals surface area (Å²) in [7, 11) is -3.70. The number of hydrogen-bond donors (Lipinski definition) is 1. The number of aromatic amines is 1. The molecular formula is C17H17N5O3S. The molecule has 0 bridgehead atoms. The minimum absolute atomic E-state index is 0.121. The maximum Gasteiger partial charge on any atom is 0.272 e. The van der Waals surface area contributed by atoms with Gasteiger partial charge in [-0.3, -0.25) is 9.89 Å². The van der Waals surface area contributed by atoms with Crippen LogP contribution in [0.1, 0.15) is 28.9 Å². The summed E-state index contributed by atoms with van der Waals surface area (Å²) in [5.41, 5.74) is 0.720. The molecule has 2 aliphatic rings. The van der Waals surface area contributed by atoms with E-state index in [2.05, 4.69) is 10.2 Å². The summed E-state index contributed by atoms with van der Waals surface area (Å²) in [4.78, 5) is 14.5. The summed E-state index contributed by atoms with van der Waals surface area (Å²) >= 11 is 0. The lowest BCUT2D eigenvalue weighted by atomic mass is 10.1. The molecule has 134 valence electrons. The normalized spacial score (nSPS) is 23.0. The van der Waals surface area contributed by atoms with Crippen LogP contribution in [0.2, 0.25) is 0 Å². The average molecular weight is 371 g/mol. The summed E-state index contributed by atoms with van der Waals surface area (Å²) < 4.78 is 27.6. The van der Waals surface area contributed by atoms with Crippen molar-refractivity contribution in [3.63, 3.8) is 0 Å². The molecule has 0 radical (unpaired) electrons. The Hall–Kier alpha value is -2.70. The lowest BCUT2D eigenvalue weighted by Crippen LogP contribution is -2.41. The SMILES string of the molecule is N#Cc1cccc(S(=O)(=O)N2CC[C@H]3[C@@H]2CCN3C(=O)c2ccn[nH]2)c1. The lowest BCUT2D eigenvalue weighted by molar-refractivity contribution is 0.0729. The zero-order chi connectivity index (χ0) is 18.3. The first kappa shape index (κ1) is 16.8. The number of sulfonamides is 1. The van der Waals surface area contributed by atoms with Crippen LogP contribution in [0, 0.1) is 11.3 Å². The molecule has 1 amide bonds. The van der Waals surface area contributed by atoms with Gasteiger partial charge in [0.2, 0.25) is 10.0 Å². The van der Waals surface area contributed by atoms with Crippen LogP contribution < -0.4 is 0 Å². The summed E-state index contributed by atoms with van der Waals surface area (Å²) in [6.07, 6.45) is 2.72. The summed E-state index contributed by atoms with van der Waals surface area (Å²) in [5.74, 6) is -0.152. The number of amides is 1. The molecule has 0 aliphatic carbocycles. The quantitative estimate of drug-likeness (QED) is 0.864. The van der Waals surface area contributed by atoms with Gasteiger partial charge in [0.1, 0.15) is 5.69 Å². The Kier molecular flexibility index (Phi) is 4.01. The number of H-pyrrole nitrogens is 1. The van der Waals surface area contributed by atoms with E-state index in [1.807, 2.05) is 6.07 Å². The fourth-order valence-electron chi connectivity index (χ4n) is 3.89. The number of nitriles is 1. The maximum absolute atomic E-state index is 13.0. The molecule has 2 aliphatic heterocycles. The smallest absolute Gasteiger partial charge is 0.272 e. The predicted molar refractivity (Wildman–Crippen MR) is 91.5 cm³/mol. The zero-order valence-corrected chi connectivity index (χ0v) is 14.7. The molecular weight excluding hydrogens is 354 g/mol. The van der Waals surface area contributed by atoms with Crippen LogP contribution in [-0.4, -0.2) is 58.9 Å². The maximum atomic E-state index is 13.0. The molecule has 26 heavy (non-hydrogen) atoms. The molecule has 1 aromatic carbocycles. The van der Waals surface area contributed by atoms with Crippen molar-refractivity contribution in [3.05, 3.63) is 47.8 Å². The monoisotopic (exact) mass is 371 g/mol. The molecule has 1 N–H and O–H groups in total. The van der Waals surface area contributed by atoms with Gasteiger partial charge in [0, 0.05) is 25.3 Å². The molecule has 0 spiro atoms. The van der Waals surface area contributed by atoms with Crippen molar-refractivity contribution in [1.29, 1.82) is 5.26 Å². The van der Waals surface area contributed by atoms with Crippen molar-refractivity contribution < 1.29 is 13.2 Å². The molecule has 0 unspecified atom stereocenters. The molecule has 9 heteroatoms. The third kappa shape index (κ3) is 2.58. The Bertz CT molecular complexity index is 980. The second-order valence-corrected chi connectivity index (χ2v) is 8.33. The second-order valence-electron chi connectivity index (χ2n) is 6.44. The zero-order valence-electron chi connectivity index (χ0n) is 13.9. The Morgan fingerprint density at radius 2 is 2.04 bits per heavy atom. The third-order valence-electron chi connectivity index (χ3n) is 5.09. The van der Waals surface area contributed by atoms with Crippen molar-refractivity contribution in [2.75, 3.05) is 13.1 Å². The highest BCUT2D eigenvalue weighted by atomic mass is 32.2. The van der Waals surface area contributed by atoms with E-state index in [-0.39, 0.29) is 22.9 Å². The van der Waals surface area contributed by atoms with Crippen molar-refractivity contribution in [2.24, 2.45) is 0 Å². The highest BCUT2D eigenvalue weighted by molar-refractivity contribution is 7.89. The van der Waals surface area contributed by atoms with Crippen molar-refractivity contribution in [3.8, 4) is 6.07 Å². The number of nitrogens with zero attached hydrogens (tertiary/aromatic N) is 4. The van der Waals surface area contributed by atoms with Crippen molar-refractivity contribution in [2.45, 2.75) is 29.8 Å². The van der Waals surface area contributed by atoms with Crippen LogP contribution in [0.25, 0.3) is 0 Å². The molecule has 3 heterocycles. The second kappa shape index (κ2) is 6.23. The standard InChI is InChI=1S/C17H17N5O3S/c18-11-12-2-1-3-13(10-12)26(24,25)22-9-6-15-16(22)5-8-21(15)17(23)14-4-7-19-20-14/h1-4,7,10,15-16H,5-6,8-9H2,(H,19,20)/t15-,16-/m0/s1. The van der Waals surface area contributed by atoms with E-state index in [0.717, 1.165) is 0 Å². The molecule has 0 saturated carbocycles. The van der Waals surface area contributed by atoms with E-state index in [1.54, 1.807) is 23.1 Å². The first-order valence-corrected chi connectivity index (χ1v) is 9.79. The number of carbonyl (C=O) groups excluding carboxylic acids is 1. The van der Waals surface area contributed by atoms with Crippen molar-refractivity contribution in [1.82, 2.24) is 19.4 Å². The first-order chi connectivity index (χ1) is 12.5. The van der Waals surface area contributed by atoms with E-state index in [4.69, 9.17) is 5.26 Å². The Balaban J connectivity index is 1.59. The minimum Gasteiger partial charge on any atom is -0.333 e. The number of aromatic nitrogens is 2. The predicted octanol–water partition coefficient (Wildman–Crippen LogP) is 0.959. The Labute approximate surface area is 151 Å². The van der Waals surface area contributed by atoms with E-state index in [0.29, 0.717) is 37.2 Å². The van der Waals surface area contributed by atoms with Crippen LogP contribution in [0.3, 0.4) is 0 Å². The molecule has 2 aromatic rings. The van der Waals surface area contributed by atoms with Gasteiger partial charge < -0.3 is 4.90 Å².